The second-order valence-electron chi connectivity index (χ2n) is 4.72. The molecule has 0 atom stereocenters. The molecule has 78 valence electrons. The van der Waals surface area contributed by atoms with Gasteiger partial charge in [0.15, 0.2) is 0 Å². The molecule has 0 amide bonds. The van der Waals surface area contributed by atoms with Gasteiger partial charge < -0.3 is 0 Å². The average Bonchev–Trinajstić information content (AvgIpc) is 2.16. The van der Waals surface area contributed by atoms with Crippen molar-refractivity contribution in [3.8, 4) is 0 Å². The van der Waals surface area contributed by atoms with E-state index in [1.165, 1.54) is 27.5 Å². The predicted molar refractivity (Wildman–Crippen MR) is 67.5 cm³/mol. The second kappa shape index (κ2) is 3.69. The molecule has 2 rings (SSSR count). The van der Waals surface area contributed by atoms with Crippen LogP contribution in [0.25, 0.3) is 10.8 Å². The Morgan fingerprint density at radius 2 is 1.67 bits per heavy atom. The molecule has 15 heavy (non-hydrogen) atoms. The first-order chi connectivity index (χ1) is 7.08. The first kappa shape index (κ1) is 10.2. The fraction of sp³-hybridized carbons (Fsp3) is 0.333. The highest BCUT2D eigenvalue weighted by atomic mass is 14.1. The summed E-state index contributed by atoms with van der Waals surface area (Å²) >= 11 is 0. The maximum absolute atomic E-state index is 2.33. The average molecular weight is 198 g/mol. The Balaban J connectivity index is 2.71. The molecule has 0 nitrogen and oxygen atoms in total. The van der Waals surface area contributed by atoms with Crippen molar-refractivity contribution in [3.63, 3.8) is 0 Å². The molecule has 0 heterocycles. The van der Waals surface area contributed by atoms with Crippen LogP contribution in [0.5, 0.6) is 0 Å². The lowest BCUT2D eigenvalue weighted by Crippen LogP contribution is -1.88. The lowest BCUT2D eigenvalue weighted by Gasteiger charge is -2.09. The maximum Gasteiger partial charge on any atom is -0.0152 e. The number of aryl methyl sites for hydroxylation is 2. The third-order valence-corrected chi connectivity index (χ3v) is 3.00. The number of benzene rings is 2. The summed E-state index contributed by atoms with van der Waals surface area (Å²) in [5, 5.41) is 2.75. The zero-order chi connectivity index (χ0) is 11.0. The monoisotopic (exact) mass is 198 g/mol. The van der Waals surface area contributed by atoms with Gasteiger partial charge in [0.05, 0.1) is 0 Å². The zero-order valence-corrected chi connectivity index (χ0v) is 9.96. The quantitative estimate of drug-likeness (QED) is 0.629. The van der Waals surface area contributed by atoms with Crippen LogP contribution in [-0.2, 0) is 0 Å². The first-order valence-electron chi connectivity index (χ1n) is 5.59. The highest BCUT2D eigenvalue weighted by molar-refractivity contribution is 5.87. The summed E-state index contributed by atoms with van der Waals surface area (Å²) in [7, 11) is 0. The zero-order valence-electron chi connectivity index (χ0n) is 9.96. The van der Waals surface area contributed by atoms with E-state index >= 15 is 0 Å². The highest BCUT2D eigenvalue weighted by Crippen LogP contribution is 2.25. The van der Waals surface area contributed by atoms with Crippen LogP contribution in [0, 0.1) is 13.8 Å². The van der Waals surface area contributed by atoms with E-state index in [1.807, 2.05) is 0 Å². The number of rotatable bonds is 1. The van der Waals surface area contributed by atoms with Crippen LogP contribution in [-0.4, -0.2) is 0 Å². The van der Waals surface area contributed by atoms with Gasteiger partial charge >= 0.3 is 0 Å². The molecular formula is C15H18. The molecule has 0 aliphatic carbocycles. The van der Waals surface area contributed by atoms with E-state index in [9.17, 15) is 0 Å². The summed E-state index contributed by atoms with van der Waals surface area (Å²) in [6.07, 6.45) is 0. The van der Waals surface area contributed by atoms with E-state index in [1.54, 1.807) is 0 Å². The molecule has 2 aromatic rings. The third kappa shape index (κ3) is 1.90. The second-order valence-corrected chi connectivity index (χ2v) is 4.72. The van der Waals surface area contributed by atoms with Gasteiger partial charge in [-0.3, -0.25) is 0 Å². The van der Waals surface area contributed by atoms with Crippen molar-refractivity contribution >= 4 is 10.8 Å². The standard InChI is InChI=1S/C15H18/c1-10(2)13-5-6-14-8-11(3)7-12(4)15(14)9-13/h5-10H,1-4H3. The molecular weight excluding hydrogens is 180 g/mol. The largest absolute Gasteiger partial charge is 0.0587 e. The molecule has 0 saturated heterocycles. The van der Waals surface area contributed by atoms with E-state index in [2.05, 4.69) is 58.0 Å². The fourth-order valence-corrected chi connectivity index (χ4v) is 2.11. The Kier molecular flexibility index (Phi) is 2.52. The van der Waals surface area contributed by atoms with Crippen LogP contribution in [0.2, 0.25) is 0 Å². The summed E-state index contributed by atoms with van der Waals surface area (Å²) in [6.45, 7) is 8.83. The lowest BCUT2D eigenvalue weighted by molar-refractivity contribution is 0.868. The Morgan fingerprint density at radius 1 is 0.933 bits per heavy atom. The van der Waals surface area contributed by atoms with Gasteiger partial charge in [-0.25, -0.2) is 0 Å². The summed E-state index contributed by atoms with van der Waals surface area (Å²) in [5.74, 6) is 0.607. The smallest absolute Gasteiger partial charge is 0.0152 e. The summed E-state index contributed by atoms with van der Waals surface area (Å²) < 4.78 is 0. The van der Waals surface area contributed by atoms with Crippen molar-refractivity contribution in [2.24, 2.45) is 0 Å². The van der Waals surface area contributed by atoms with Crippen LogP contribution < -0.4 is 0 Å². The molecule has 0 heteroatoms. The summed E-state index contributed by atoms with van der Waals surface area (Å²) in [4.78, 5) is 0. The molecule has 0 unspecified atom stereocenters. The number of hydrogen-bond donors (Lipinski definition) is 0. The van der Waals surface area contributed by atoms with Gasteiger partial charge in [-0.05, 0) is 41.7 Å². The van der Waals surface area contributed by atoms with Gasteiger partial charge in [0.2, 0.25) is 0 Å². The van der Waals surface area contributed by atoms with Crippen molar-refractivity contribution < 1.29 is 0 Å². The highest BCUT2D eigenvalue weighted by Gasteiger charge is 2.03. The predicted octanol–water partition coefficient (Wildman–Crippen LogP) is 4.58. The molecule has 0 aliphatic rings. The lowest BCUT2D eigenvalue weighted by atomic mass is 9.96. The molecule has 2 aromatic carbocycles. The fourth-order valence-electron chi connectivity index (χ4n) is 2.11. The van der Waals surface area contributed by atoms with E-state index in [0.29, 0.717) is 5.92 Å². The summed E-state index contributed by atoms with van der Waals surface area (Å²) in [6, 6.07) is 11.3. The van der Waals surface area contributed by atoms with Gasteiger partial charge in [0, 0.05) is 0 Å². The van der Waals surface area contributed by atoms with Gasteiger partial charge in [-0.2, -0.15) is 0 Å². The molecule has 0 N–H and O–H groups in total. The van der Waals surface area contributed by atoms with Crippen molar-refractivity contribution in [1.82, 2.24) is 0 Å². The molecule has 0 fully saturated rings. The third-order valence-electron chi connectivity index (χ3n) is 3.00. The molecule has 0 aromatic heterocycles. The molecule has 0 bridgehead atoms. The van der Waals surface area contributed by atoms with Gasteiger partial charge in [0.25, 0.3) is 0 Å². The topological polar surface area (TPSA) is 0 Å². The molecule has 0 aliphatic heterocycles. The molecule has 0 saturated carbocycles. The van der Waals surface area contributed by atoms with E-state index < -0.39 is 0 Å². The van der Waals surface area contributed by atoms with E-state index in [0.717, 1.165) is 0 Å². The Labute approximate surface area is 91.9 Å². The number of hydrogen-bond acceptors (Lipinski definition) is 0. The van der Waals surface area contributed by atoms with Crippen LogP contribution in [0.3, 0.4) is 0 Å². The minimum absolute atomic E-state index is 0.607. The van der Waals surface area contributed by atoms with Crippen molar-refractivity contribution in [1.29, 1.82) is 0 Å². The Bertz CT molecular complexity index is 493. The van der Waals surface area contributed by atoms with Crippen molar-refractivity contribution in [2.45, 2.75) is 33.6 Å². The van der Waals surface area contributed by atoms with Crippen LogP contribution in [0.15, 0.2) is 30.3 Å². The minimum atomic E-state index is 0.607. The number of fused-ring (bicyclic) bond motifs is 1. The van der Waals surface area contributed by atoms with Crippen LogP contribution >= 0.6 is 0 Å². The molecule has 0 radical (unpaired) electrons. The van der Waals surface area contributed by atoms with Gasteiger partial charge in [-0.15, -0.1) is 0 Å². The van der Waals surface area contributed by atoms with E-state index in [4.69, 9.17) is 0 Å². The van der Waals surface area contributed by atoms with Crippen molar-refractivity contribution in [3.05, 3.63) is 47.0 Å². The van der Waals surface area contributed by atoms with Crippen molar-refractivity contribution in [2.75, 3.05) is 0 Å². The Hall–Kier alpha value is -1.30. The van der Waals surface area contributed by atoms with Gasteiger partial charge in [-0.1, -0.05) is 49.7 Å². The Morgan fingerprint density at radius 3 is 2.33 bits per heavy atom. The molecule has 0 spiro atoms. The van der Waals surface area contributed by atoms with Gasteiger partial charge in [0.1, 0.15) is 0 Å². The minimum Gasteiger partial charge on any atom is -0.0587 e. The van der Waals surface area contributed by atoms with Crippen LogP contribution in [0.4, 0.5) is 0 Å². The summed E-state index contributed by atoms with van der Waals surface area (Å²) in [5.41, 5.74) is 4.15. The normalized spacial score (nSPS) is 11.3. The van der Waals surface area contributed by atoms with Crippen LogP contribution in [0.1, 0.15) is 36.5 Å². The maximum atomic E-state index is 2.33. The first-order valence-corrected chi connectivity index (χ1v) is 5.59. The SMILES string of the molecule is Cc1cc(C)c2cc(C(C)C)ccc2c1. The van der Waals surface area contributed by atoms with E-state index in [-0.39, 0.29) is 0 Å².